The summed E-state index contributed by atoms with van der Waals surface area (Å²) in [6, 6.07) is 11.8. The molecule has 0 saturated carbocycles. The Morgan fingerprint density at radius 1 is 1.12 bits per heavy atom. The van der Waals surface area contributed by atoms with Gasteiger partial charge in [-0.15, -0.1) is 0 Å². The summed E-state index contributed by atoms with van der Waals surface area (Å²) in [4.78, 5) is 12.4. The van der Waals surface area contributed by atoms with E-state index in [-0.39, 0.29) is 12.3 Å². The molecule has 7 heteroatoms. The van der Waals surface area contributed by atoms with Crippen LogP contribution in [0.2, 0.25) is 5.02 Å². The van der Waals surface area contributed by atoms with Crippen molar-refractivity contribution in [3.05, 3.63) is 64.2 Å². The molecule has 0 unspecified atom stereocenters. The molecule has 1 atom stereocenters. The number of nitrogens with one attached hydrogen (secondary N) is 2. The SMILES string of the molecule is Cc1ccc(NC(=O)C[C@@H](NS(C)(=O)=O)c2ccc(Cl)cc2)c(C)c1. The molecule has 0 aromatic heterocycles. The van der Waals surface area contributed by atoms with Gasteiger partial charge in [-0.1, -0.05) is 41.4 Å². The minimum atomic E-state index is -3.48. The maximum atomic E-state index is 12.4. The minimum Gasteiger partial charge on any atom is -0.326 e. The summed E-state index contributed by atoms with van der Waals surface area (Å²) in [5.74, 6) is -0.275. The zero-order valence-corrected chi connectivity index (χ0v) is 15.9. The van der Waals surface area contributed by atoms with E-state index in [1.54, 1.807) is 24.3 Å². The number of amides is 1. The van der Waals surface area contributed by atoms with Crippen molar-refractivity contribution in [1.29, 1.82) is 0 Å². The first-order valence-corrected chi connectivity index (χ1v) is 10.0. The van der Waals surface area contributed by atoms with E-state index in [4.69, 9.17) is 11.6 Å². The van der Waals surface area contributed by atoms with Crippen LogP contribution in [0.4, 0.5) is 5.69 Å². The van der Waals surface area contributed by atoms with E-state index in [0.29, 0.717) is 16.3 Å². The number of sulfonamides is 1. The van der Waals surface area contributed by atoms with Crippen molar-refractivity contribution in [2.24, 2.45) is 0 Å². The van der Waals surface area contributed by atoms with Crippen molar-refractivity contribution in [3.63, 3.8) is 0 Å². The molecule has 134 valence electrons. The lowest BCUT2D eigenvalue weighted by Crippen LogP contribution is -2.30. The lowest BCUT2D eigenvalue weighted by Gasteiger charge is -2.18. The lowest BCUT2D eigenvalue weighted by molar-refractivity contribution is -0.116. The second-order valence-corrected chi connectivity index (χ2v) is 8.28. The van der Waals surface area contributed by atoms with Gasteiger partial charge in [0.05, 0.1) is 12.3 Å². The van der Waals surface area contributed by atoms with Gasteiger partial charge in [0.1, 0.15) is 0 Å². The van der Waals surface area contributed by atoms with Crippen LogP contribution in [0.15, 0.2) is 42.5 Å². The number of hydrogen-bond acceptors (Lipinski definition) is 3. The molecule has 2 aromatic carbocycles. The molecule has 0 aliphatic heterocycles. The molecule has 0 spiro atoms. The van der Waals surface area contributed by atoms with Crippen LogP contribution >= 0.6 is 11.6 Å². The number of halogens is 1. The highest BCUT2D eigenvalue weighted by molar-refractivity contribution is 7.88. The van der Waals surface area contributed by atoms with E-state index in [9.17, 15) is 13.2 Å². The Labute approximate surface area is 153 Å². The van der Waals surface area contributed by atoms with Crippen molar-refractivity contribution in [2.45, 2.75) is 26.3 Å². The summed E-state index contributed by atoms with van der Waals surface area (Å²) >= 11 is 5.87. The first-order valence-electron chi connectivity index (χ1n) is 7.74. The molecule has 0 aliphatic rings. The quantitative estimate of drug-likeness (QED) is 0.804. The van der Waals surface area contributed by atoms with Gasteiger partial charge in [0.15, 0.2) is 0 Å². The maximum Gasteiger partial charge on any atom is 0.226 e. The second kappa shape index (κ2) is 7.99. The van der Waals surface area contributed by atoms with E-state index in [1.807, 2.05) is 32.0 Å². The minimum absolute atomic E-state index is 0.0258. The molecule has 2 N–H and O–H groups in total. The molecule has 0 bridgehead atoms. The third-order valence-electron chi connectivity index (χ3n) is 3.67. The molecular formula is C18H21ClN2O3S. The van der Waals surface area contributed by atoms with Gasteiger partial charge in [0.2, 0.25) is 15.9 Å². The number of hydrogen-bond donors (Lipinski definition) is 2. The Balaban J connectivity index is 2.17. The molecule has 1 amide bonds. The van der Waals surface area contributed by atoms with Crippen LogP contribution in [0.5, 0.6) is 0 Å². The largest absolute Gasteiger partial charge is 0.326 e. The van der Waals surface area contributed by atoms with Crippen LogP contribution in [0.3, 0.4) is 0 Å². The predicted octanol–water partition coefficient (Wildman–Crippen LogP) is 3.58. The standard InChI is InChI=1S/C18H21ClN2O3S/c1-12-4-9-16(13(2)10-12)20-18(22)11-17(21-25(3,23)24)14-5-7-15(19)8-6-14/h4-10,17,21H,11H2,1-3H3,(H,20,22)/t17-/m1/s1. The summed E-state index contributed by atoms with van der Waals surface area (Å²) in [5.41, 5.74) is 3.44. The summed E-state index contributed by atoms with van der Waals surface area (Å²) in [6.07, 6.45) is 1.04. The Kier molecular flexibility index (Phi) is 6.21. The lowest BCUT2D eigenvalue weighted by atomic mass is 10.0. The first kappa shape index (κ1) is 19.4. The summed E-state index contributed by atoms with van der Waals surface area (Å²) in [7, 11) is -3.48. The molecule has 2 rings (SSSR count). The normalized spacial score (nSPS) is 12.6. The highest BCUT2D eigenvalue weighted by atomic mass is 35.5. The van der Waals surface area contributed by atoms with Crippen molar-refractivity contribution >= 4 is 33.2 Å². The fraction of sp³-hybridized carbons (Fsp3) is 0.278. The van der Waals surface area contributed by atoms with Gasteiger partial charge in [-0.05, 0) is 43.2 Å². The van der Waals surface area contributed by atoms with Gasteiger partial charge < -0.3 is 5.32 Å². The van der Waals surface area contributed by atoms with Gasteiger partial charge >= 0.3 is 0 Å². The van der Waals surface area contributed by atoms with Crippen LogP contribution in [-0.4, -0.2) is 20.6 Å². The number of rotatable bonds is 6. The Bertz CT molecular complexity index is 864. The average Bonchev–Trinajstić information content (AvgIpc) is 2.49. The van der Waals surface area contributed by atoms with E-state index in [1.165, 1.54) is 0 Å². The third kappa shape index (κ3) is 6.16. The topological polar surface area (TPSA) is 75.3 Å². The average molecular weight is 381 g/mol. The molecule has 0 aliphatic carbocycles. The summed E-state index contributed by atoms with van der Waals surface area (Å²) in [5, 5.41) is 3.38. The molecule has 0 saturated heterocycles. The number of carbonyl (C=O) groups excluding carboxylic acids is 1. The van der Waals surface area contributed by atoms with Crippen LogP contribution in [-0.2, 0) is 14.8 Å². The molecule has 5 nitrogen and oxygen atoms in total. The van der Waals surface area contributed by atoms with Crippen molar-refractivity contribution in [2.75, 3.05) is 11.6 Å². The molecule has 25 heavy (non-hydrogen) atoms. The van der Waals surface area contributed by atoms with Gasteiger partial charge in [-0.3, -0.25) is 4.79 Å². The number of benzene rings is 2. The smallest absolute Gasteiger partial charge is 0.226 e. The highest BCUT2D eigenvalue weighted by Crippen LogP contribution is 2.22. The monoisotopic (exact) mass is 380 g/mol. The Morgan fingerprint density at radius 2 is 1.76 bits per heavy atom. The number of anilines is 1. The van der Waals surface area contributed by atoms with Gasteiger partial charge in [-0.2, -0.15) is 0 Å². The van der Waals surface area contributed by atoms with E-state index in [0.717, 1.165) is 17.4 Å². The molecule has 0 heterocycles. The van der Waals surface area contributed by atoms with Crippen LogP contribution in [0.1, 0.15) is 29.2 Å². The van der Waals surface area contributed by atoms with Crippen molar-refractivity contribution < 1.29 is 13.2 Å². The number of carbonyl (C=O) groups is 1. The predicted molar refractivity (Wildman–Crippen MR) is 101 cm³/mol. The van der Waals surface area contributed by atoms with E-state index < -0.39 is 16.1 Å². The van der Waals surface area contributed by atoms with Crippen LogP contribution in [0.25, 0.3) is 0 Å². The molecule has 0 radical (unpaired) electrons. The number of aryl methyl sites for hydroxylation is 2. The van der Waals surface area contributed by atoms with Gasteiger partial charge in [0.25, 0.3) is 0 Å². The zero-order chi connectivity index (χ0) is 18.6. The first-order chi connectivity index (χ1) is 11.6. The van der Waals surface area contributed by atoms with Gasteiger partial charge in [0, 0.05) is 17.1 Å². The van der Waals surface area contributed by atoms with Crippen LogP contribution in [0, 0.1) is 13.8 Å². The van der Waals surface area contributed by atoms with Crippen molar-refractivity contribution in [1.82, 2.24) is 4.72 Å². The van der Waals surface area contributed by atoms with Gasteiger partial charge in [-0.25, -0.2) is 13.1 Å². The van der Waals surface area contributed by atoms with E-state index in [2.05, 4.69) is 10.0 Å². The zero-order valence-electron chi connectivity index (χ0n) is 14.3. The van der Waals surface area contributed by atoms with Crippen LogP contribution < -0.4 is 10.0 Å². The maximum absolute atomic E-state index is 12.4. The Hall–Kier alpha value is -1.89. The Morgan fingerprint density at radius 3 is 2.32 bits per heavy atom. The fourth-order valence-electron chi connectivity index (χ4n) is 2.52. The molecular weight excluding hydrogens is 360 g/mol. The molecule has 0 fully saturated rings. The third-order valence-corrected chi connectivity index (χ3v) is 4.64. The summed E-state index contributed by atoms with van der Waals surface area (Å²) < 4.78 is 25.8. The fourth-order valence-corrected chi connectivity index (χ4v) is 3.38. The second-order valence-electron chi connectivity index (χ2n) is 6.06. The van der Waals surface area contributed by atoms with E-state index >= 15 is 0 Å². The highest BCUT2D eigenvalue weighted by Gasteiger charge is 2.20. The van der Waals surface area contributed by atoms with Crippen molar-refractivity contribution in [3.8, 4) is 0 Å². The summed E-state index contributed by atoms with van der Waals surface area (Å²) in [6.45, 7) is 3.89. The molecule has 2 aromatic rings.